The molecule has 0 spiro atoms. The fraction of sp³-hybridized carbons (Fsp3) is 0.333. The van der Waals surface area contributed by atoms with Crippen LogP contribution in [0.15, 0.2) is 35.1 Å². The summed E-state index contributed by atoms with van der Waals surface area (Å²) in [5, 5.41) is 7.75. The summed E-state index contributed by atoms with van der Waals surface area (Å²) in [6.07, 6.45) is 1.53. The highest BCUT2D eigenvalue weighted by molar-refractivity contribution is 9.10. The van der Waals surface area contributed by atoms with Gasteiger partial charge in [0.15, 0.2) is 0 Å². The van der Waals surface area contributed by atoms with E-state index in [9.17, 15) is 8.78 Å². The second kappa shape index (κ2) is 6.21. The molecule has 1 aromatic heterocycles. The highest BCUT2D eigenvalue weighted by atomic mass is 79.9. The average Bonchev–Trinajstić information content (AvgIpc) is 2.76. The number of rotatable bonds is 5. The number of aryl methyl sites for hydroxylation is 1. The fourth-order valence-electron chi connectivity index (χ4n) is 1.82. The van der Waals surface area contributed by atoms with Gasteiger partial charge in [-0.3, -0.25) is 0 Å². The number of benzene rings is 1. The first kappa shape index (κ1) is 14.1. The molecule has 0 aliphatic heterocycles. The molecule has 4 nitrogen and oxygen atoms in total. The van der Waals surface area contributed by atoms with Gasteiger partial charge in [0, 0.05) is 11.5 Å². The largest absolute Gasteiger partial charge is 0.345 e. The standard InChI is InChI=1S/C12H12BrF2N3O/c1-18-7-16-17-11(18)10(6-19-12(14)15)8-3-2-4-9(13)5-8/h2-5,7,10,12H,6H2,1H3. The van der Waals surface area contributed by atoms with Gasteiger partial charge in [-0.2, -0.15) is 8.78 Å². The van der Waals surface area contributed by atoms with Crippen molar-refractivity contribution in [2.75, 3.05) is 6.61 Å². The Morgan fingerprint density at radius 1 is 1.42 bits per heavy atom. The smallest absolute Gasteiger partial charge is 0.322 e. The molecule has 19 heavy (non-hydrogen) atoms. The summed E-state index contributed by atoms with van der Waals surface area (Å²) < 4.78 is 31.5. The Morgan fingerprint density at radius 2 is 2.21 bits per heavy atom. The van der Waals surface area contributed by atoms with E-state index in [0.717, 1.165) is 10.0 Å². The number of aromatic nitrogens is 3. The molecule has 0 N–H and O–H groups in total. The van der Waals surface area contributed by atoms with Crippen molar-refractivity contribution in [3.05, 3.63) is 46.5 Å². The van der Waals surface area contributed by atoms with E-state index in [-0.39, 0.29) is 12.5 Å². The van der Waals surface area contributed by atoms with E-state index in [1.165, 1.54) is 6.33 Å². The van der Waals surface area contributed by atoms with Gasteiger partial charge in [-0.05, 0) is 17.7 Å². The number of ether oxygens (including phenoxy) is 1. The van der Waals surface area contributed by atoms with Crippen LogP contribution in [0.3, 0.4) is 0 Å². The van der Waals surface area contributed by atoms with Crippen molar-refractivity contribution in [3.63, 3.8) is 0 Å². The van der Waals surface area contributed by atoms with Gasteiger partial charge in [0.25, 0.3) is 0 Å². The summed E-state index contributed by atoms with van der Waals surface area (Å²) in [5.41, 5.74) is 0.839. The quantitative estimate of drug-likeness (QED) is 0.845. The zero-order valence-electron chi connectivity index (χ0n) is 10.1. The Morgan fingerprint density at radius 3 is 2.79 bits per heavy atom. The van der Waals surface area contributed by atoms with Crippen LogP contribution in [-0.4, -0.2) is 28.0 Å². The lowest BCUT2D eigenvalue weighted by molar-refractivity contribution is -0.131. The molecule has 1 aromatic carbocycles. The summed E-state index contributed by atoms with van der Waals surface area (Å²) in [6.45, 7) is -2.96. The van der Waals surface area contributed by atoms with Gasteiger partial charge in [0.05, 0.1) is 12.5 Å². The van der Waals surface area contributed by atoms with Crippen LogP contribution in [0.25, 0.3) is 0 Å². The van der Waals surface area contributed by atoms with Gasteiger partial charge in [-0.25, -0.2) is 0 Å². The molecule has 2 rings (SSSR count). The fourth-order valence-corrected chi connectivity index (χ4v) is 2.24. The predicted octanol–water partition coefficient (Wildman–Crippen LogP) is 2.95. The van der Waals surface area contributed by atoms with E-state index in [4.69, 9.17) is 0 Å². The van der Waals surface area contributed by atoms with Crippen molar-refractivity contribution in [1.29, 1.82) is 0 Å². The topological polar surface area (TPSA) is 39.9 Å². The summed E-state index contributed by atoms with van der Waals surface area (Å²) in [6, 6.07) is 7.41. The van der Waals surface area contributed by atoms with Crippen molar-refractivity contribution in [2.24, 2.45) is 7.05 Å². The van der Waals surface area contributed by atoms with E-state index in [1.807, 2.05) is 24.3 Å². The van der Waals surface area contributed by atoms with Crippen molar-refractivity contribution in [1.82, 2.24) is 14.8 Å². The molecule has 102 valence electrons. The lowest BCUT2D eigenvalue weighted by Gasteiger charge is -2.16. The Bertz CT molecular complexity index is 547. The number of halogens is 3. The van der Waals surface area contributed by atoms with Gasteiger partial charge < -0.3 is 9.30 Å². The summed E-state index contributed by atoms with van der Waals surface area (Å²) >= 11 is 3.36. The molecule has 0 saturated carbocycles. The molecule has 0 saturated heterocycles. The Hall–Kier alpha value is -1.34. The zero-order valence-corrected chi connectivity index (χ0v) is 11.7. The molecule has 0 radical (unpaired) electrons. The molecule has 0 amide bonds. The Labute approximate surface area is 117 Å². The van der Waals surface area contributed by atoms with Gasteiger partial charge >= 0.3 is 6.61 Å². The minimum Gasteiger partial charge on any atom is -0.322 e. The monoisotopic (exact) mass is 331 g/mol. The molecule has 2 aromatic rings. The van der Waals surface area contributed by atoms with E-state index >= 15 is 0 Å². The lowest BCUT2D eigenvalue weighted by Crippen LogP contribution is -2.16. The maximum absolute atomic E-state index is 12.3. The number of nitrogens with zero attached hydrogens (tertiary/aromatic N) is 3. The molecule has 0 aliphatic rings. The van der Waals surface area contributed by atoms with Crippen LogP contribution in [0, 0.1) is 0 Å². The maximum atomic E-state index is 12.3. The van der Waals surface area contributed by atoms with E-state index in [1.54, 1.807) is 11.6 Å². The third-order valence-corrected chi connectivity index (χ3v) is 3.19. The first-order valence-electron chi connectivity index (χ1n) is 5.57. The van der Waals surface area contributed by atoms with Crippen molar-refractivity contribution in [2.45, 2.75) is 12.5 Å². The average molecular weight is 332 g/mol. The van der Waals surface area contributed by atoms with Crippen LogP contribution >= 0.6 is 15.9 Å². The van der Waals surface area contributed by atoms with Crippen molar-refractivity contribution < 1.29 is 13.5 Å². The molecule has 7 heteroatoms. The van der Waals surface area contributed by atoms with Crippen LogP contribution < -0.4 is 0 Å². The third-order valence-electron chi connectivity index (χ3n) is 2.70. The van der Waals surface area contributed by atoms with E-state index in [2.05, 4.69) is 30.9 Å². The summed E-state index contributed by atoms with van der Waals surface area (Å²) in [5.74, 6) is 0.192. The van der Waals surface area contributed by atoms with Crippen LogP contribution in [0.2, 0.25) is 0 Å². The minimum absolute atomic E-state index is 0.152. The molecule has 1 heterocycles. The van der Waals surface area contributed by atoms with E-state index in [0.29, 0.717) is 5.82 Å². The van der Waals surface area contributed by atoms with Crippen LogP contribution in [0.5, 0.6) is 0 Å². The van der Waals surface area contributed by atoms with Gasteiger partial charge in [-0.15, -0.1) is 10.2 Å². The lowest BCUT2D eigenvalue weighted by atomic mass is 9.99. The molecule has 0 fully saturated rings. The van der Waals surface area contributed by atoms with Gasteiger partial charge in [0.2, 0.25) is 0 Å². The third kappa shape index (κ3) is 3.57. The molecule has 0 aliphatic carbocycles. The first-order chi connectivity index (χ1) is 9.08. The normalized spacial score (nSPS) is 12.9. The van der Waals surface area contributed by atoms with Gasteiger partial charge in [-0.1, -0.05) is 28.1 Å². The Balaban J connectivity index is 2.31. The number of hydrogen-bond donors (Lipinski definition) is 0. The first-order valence-corrected chi connectivity index (χ1v) is 6.36. The molecule has 0 bridgehead atoms. The Kier molecular flexibility index (Phi) is 4.60. The van der Waals surface area contributed by atoms with Crippen LogP contribution in [0.4, 0.5) is 8.78 Å². The second-order valence-corrected chi connectivity index (χ2v) is 4.92. The minimum atomic E-state index is -2.80. The molecule has 1 atom stereocenters. The molecular formula is C12H12BrF2N3O. The van der Waals surface area contributed by atoms with Gasteiger partial charge in [0.1, 0.15) is 12.2 Å². The highest BCUT2D eigenvalue weighted by Crippen LogP contribution is 2.26. The number of hydrogen-bond acceptors (Lipinski definition) is 3. The molecule has 1 unspecified atom stereocenters. The summed E-state index contributed by atoms with van der Waals surface area (Å²) in [7, 11) is 1.77. The SMILES string of the molecule is Cn1cnnc1C(COC(F)F)c1cccc(Br)c1. The second-order valence-electron chi connectivity index (χ2n) is 4.00. The number of alkyl halides is 2. The van der Waals surface area contributed by atoms with Crippen LogP contribution in [-0.2, 0) is 11.8 Å². The van der Waals surface area contributed by atoms with Crippen molar-refractivity contribution in [3.8, 4) is 0 Å². The van der Waals surface area contributed by atoms with E-state index < -0.39 is 6.61 Å². The van der Waals surface area contributed by atoms with Crippen molar-refractivity contribution >= 4 is 15.9 Å². The highest BCUT2D eigenvalue weighted by Gasteiger charge is 2.21. The molecular weight excluding hydrogens is 320 g/mol. The maximum Gasteiger partial charge on any atom is 0.345 e. The zero-order chi connectivity index (χ0) is 13.8. The summed E-state index contributed by atoms with van der Waals surface area (Å²) in [4.78, 5) is 0. The predicted molar refractivity (Wildman–Crippen MR) is 68.9 cm³/mol. The van der Waals surface area contributed by atoms with Crippen LogP contribution in [0.1, 0.15) is 17.3 Å².